The van der Waals surface area contributed by atoms with E-state index in [0.717, 1.165) is 22.8 Å². The van der Waals surface area contributed by atoms with E-state index in [4.69, 9.17) is 0 Å². The third-order valence-corrected chi connectivity index (χ3v) is 4.04. The first-order valence-corrected chi connectivity index (χ1v) is 7.72. The molecule has 2 heterocycles. The van der Waals surface area contributed by atoms with Crippen LogP contribution in [0.15, 0.2) is 30.9 Å². The van der Waals surface area contributed by atoms with Gasteiger partial charge < -0.3 is 5.32 Å². The molecule has 2 aromatic heterocycles. The van der Waals surface area contributed by atoms with Gasteiger partial charge in [-0.05, 0) is 24.1 Å². The van der Waals surface area contributed by atoms with Crippen LogP contribution in [0.2, 0.25) is 0 Å². The Morgan fingerprint density at radius 2 is 2.14 bits per heavy atom. The number of amides is 1. The summed E-state index contributed by atoms with van der Waals surface area (Å²) >= 11 is 1.14. The SMILES string of the molecule is CC(C)[C@@H](Cn1cncn1)NC(=O)c1ccc2nsnc2c1. The maximum atomic E-state index is 12.5. The van der Waals surface area contributed by atoms with Gasteiger partial charge in [-0.2, -0.15) is 13.8 Å². The summed E-state index contributed by atoms with van der Waals surface area (Å²) in [6.45, 7) is 4.72. The molecule has 1 N–H and O–H groups in total. The molecule has 0 aliphatic carbocycles. The highest BCUT2D eigenvalue weighted by Gasteiger charge is 2.18. The van der Waals surface area contributed by atoms with Gasteiger partial charge in [-0.3, -0.25) is 9.48 Å². The number of fused-ring (bicyclic) bond motifs is 1. The number of aromatic nitrogens is 5. The molecule has 0 fully saturated rings. The van der Waals surface area contributed by atoms with Gasteiger partial charge in [0.05, 0.1) is 24.3 Å². The molecule has 0 bridgehead atoms. The predicted octanol–water partition coefficient (Wildman–Crippen LogP) is 1.74. The zero-order valence-electron chi connectivity index (χ0n) is 12.3. The maximum absolute atomic E-state index is 12.5. The summed E-state index contributed by atoms with van der Waals surface area (Å²) in [5.41, 5.74) is 2.14. The number of carbonyl (C=O) groups excluding carboxylic acids is 1. The normalized spacial score (nSPS) is 12.7. The van der Waals surface area contributed by atoms with Crippen LogP contribution in [0.4, 0.5) is 0 Å². The number of nitrogens with one attached hydrogen (secondary N) is 1. The summed E-state index contributed by atoms with van der Waals surface area (Å²) in [5, 5.41) is 7.15. The van der Waals surface area contributed by atoms with E-state index in [0.29, 0.717) is 12.1 Å². The molecule has 0 radical (unpaired) electrons. The van der Waals surface area contributed by atoms with E-state index in [1.54, 1.807) is 23.1 Å². The first-order chi connectivity index (χ1) is 10.6. The van der Waals surface area contributed by atoms with Crippen LogP contribution in [-0.4, -0.2) is 35.5 Å². The minimum atomic E-state index is -0.117. The summed E-state index contributed by atoms with van der Waals surface area (Å²) in [4.78, 5) is 16.4. The standard InChI is InChI=1S/C14H16N6OS/c1-9(2)13(6-20-8-15-7-16-20)17-14(21)10-3-4-11-12(5-10)19-22-18-11/h3-5,7-9,13H,6H2,1-2H3,(H,17,21)/t13-/m1/s1. The van der Waals surface area contributed by atoms with Crippen molar-refractivity contribution in [2.45, 2.75) is 26.4 Å². The zero-order valence-corrected chi connectivity index (χ0v) is 13.1. The largest absolute Gasteiger partial charge is 0.347 e. The van der Waals surface area contributed by atoms with Crippen molar-refractivity contribution in [1.29, 1.82) is 0 Å². The molecular formula is C14H16N6OS. The van der Waals surface area contributed by atoms with Gasteiger partial charge in [0, 0.05) is 5.56 Å². The summed E-state index contributed by atoms with van der Waals surface area (Å²) < 4.78 is 10.0. The second kappa shape index (κ2) is 6.18. The fourth-order valence-electron chi connectivity index (χ4n) is 2.13. The van der Waals surface area contributed by atoms with Crippen molar-refractivity contribution in [1.82, 2.24) is 28.8 Å². The Morgan fingerprint density at radius 3 is 2.86 bits per heavy atom. The van der Waals surface area contributed by atoms with E-state index in [2.05, 4.69) is 38.0 Å². The Labute approximate surface area is 131 Å². The number of carbonyl (C=O) groups is 1. The van der Waals surface area contributed by atoms with E-state index < -0.39 is 0 Å². The lowest BCUT2D eigenvalue weighted by molar-refractivity contribution is 0.0919. The first kappa shape index (κ1) is 14.6. The van der Waals surface area contributed by atoms with Crippen molar-refractivity contribution in [2.75, 3.05) is 0 Å². The van der Waals surface area contributed by atoms with E-state index >= 15 is 0 Å². The first-order valence-electron chi connectivity index (χ1n) is 6.99. The monoisotopic (exact) mass is 316 g/mol. The molecule has 0 unspecified atom stereocenters. The van der Waals surface area contributed by atoms with Crippen LogP contribution in [0.3, 0.4) is 0 Å². The van der Waals surface area contributed by atoms with Crippen LogP contribution >= 0.6 is 11.7 Å². The number of hydrogen-bond donors (Lipinski definition) is 1. The van der Waals surface area contributed by atoms with Crippen molar-refractivity contribution in [2.24, 2.45) is 5.92 Å². The molecule has 7 nitrogen and oxygen atoms in total. The number of benzene rings is 1. The summed E-state index contributed by atoms with van der Waals surface area (Å²) in [7, 11) is 0. The van der Waals surface area contributed by atoms with Gasteiger partial charge in [0.15, 0.2) is 0 Å². The molecule has 0 saturated carbocycles. The molecule has 22 heavy (non-hydrogen) atoms. The molecule has 0 saturated heterocycles. The predicted molar refractivity (Wildman–Crippen MR) is 83.5 cm³/mol. The summed E-state index contributed by atoms with van der Waals surface area (Å²) in [6, 6.07) is 5.32. The van der Waals surface area contributed by atoms with Gasteiger partial charge in [-0.1, -0.05) is 13.8 Å². The molecule has 114 valence electrons. The van der Waals surface area contributed by atoms with Crippen molar-refractivity contribution < 1.29 is 4.79 Å². The minimum absolute atomic E-state index is 0.0292. The molecule has 8 heteroatoms. The van der Waals surface area contributed by atoms with Gasteiger partial charge >= 0.3 is 0 Å². The molecule has 1 amide bonds. The summed E-state index contributed by atoms with van der Waals surface area (Å²) in [5.74, 6) is 0.159. The topological polar surface area (TPSA) is 85.6 Å². The highest BCUT2D eigenvalue weighted by atomic mass is 32.1. The smallest absolute Gasteiger partial charge is 0.251 e. The van der Waals surface area contributed by atoms with Crippen LogP contribution in [0.25, 0.3) is 11.0 Å². The Hall–Kier alpha value is -2.35. The summed E-state index contributed by atoms with van der Waals surface area (Å²) in [6.07, 6.45) is 3.14. The lowest BCUT2D eigenvalue weighted by Gasteiger charge is -2.22. The van der Waals surface area contributed by atoms with Crippen molar-refractivity contribution in [3.63, 3.8) is 0 Å². The zero-order chi connectivity index (χ0) is 15.5. The average molecular weight is 316 g/mol. The third kappa shape index (κ3) is 3.11. The second-order valence-corrected chi connectivity index (χ2v) is 5.94. The molecule has 0 aliphatic heterocycles. The highest BCUT2D eigenvalue weighted by molar-refractivity contribution is 7.00. The molecule has 1 aromatic carbocycles. The third-order valence-electron chi connectivity index (χ3n) is 3.49. The van der Waals surface area contributed by atoms with Crippen molar-refractivity contribution in [3.8, 4) is 0 Å². The van der Waals surface area contributed by atoms with Crippen LogP contribution in [0.5, 0.6) is 0 Å². The molecule has 0 spiro atoms. The van der Waals surface area contributed by atoms with Gasteiger partial charge in [0.2, 0.25) is 0 Å². The molecular weight excluding hydrogens is 300 g/mol. The molecule has 3 aromatic rings. The minimum Gasteiger partial charge on any atom is -0.347 e. The molecule has 1 atom stereocenters. The van der Waals surface area contributed by atoms with Gasteiger partial charge in [-0.25, -0.2) is 4.98 Å². The van der Waals surface area contributed by atoms with Crippen molar-refractivity contribution in [3.05, 3.63) is 36.4 Å². The lowest BCUT2D eigenvalue weighted by atomic mass is 10.0. The quantitative estimate of drug-likeness (QED) is 0.775. The van der Waals surface area contributed by atoms with Crippen LogP contribution < -0.4 is 5.32 Å². The average Bonchev–Trinajstić information content (AvgIpc) is 3.16. The van der Waals surface area contributed by atoms with Crippen LogP contribution in [0.1, 0.15) is 24.2 Å². The van der Waals surface area contributed by atoms with Gasteiger partial charge in [-0.15, -0.1) is 0 Å². The van der Waals surface area contributed by atoms with Crippen LogP contribution in [-0.2, 0) is 6.54 Å². The van der Waals surface area contributed by atoms with Gasteiger partial charge in [0.25, 0.3) is 5.91 Å². The maximum Gasteiger partial charge on any atom is 0.251 e. The van der Waals surface area contributed by atoms with E-state index in [9.17, 15) is 4.79 Å². The number of nitrogens with zero attached hydrogens (tertiary/aromatic N) is 5. The molecule has 3 rings (SSSR count). The van der Waals surface area contributed by atoms with Crippen molar-refractivity contribution >= 4 is 28.7 Å². The Morgan fingerprint density at radius 1 is 1.32 bits per heavy atom. The van der Waals surface area contributed by atoms with Gasteiger partial charge in [0.1, 0.15) is 23.7 Å². The molecule has 0 aliphatic rings. The van der Waals surface area contributed by atoms with E-state index in [1.165, 1.54) is 6.33 Å². The number of rotatable bonds is 5. The Balaban J connectivity index is 1.75. The Kier molecular flexibility index (Phi) is 4.10. The highest BCUT2D eigenvalue weighted by Crippen LogP contribution is 2.14. The second-order valence-electron chi connectivity index (χ2n) is 5.41. The fourth-order valence-corrected chi connectivity index (χ4v) is 2.64. The lowest BCUT2D eigenvalue weighted by Crippen LogP contribution is -2.41. The van der Waals surface area contributed by atoms with E-state index in [-0.39, 0.29) is 17.9 Å². The Bertz CT molecular complexity index is 767. The fraction of sp³-hybridized carbons (Fsp3) is 0.357. The van der Waals surface area contributed by atoms with E-state index in [1.807, 2.05) is 6.07 Å². The van der Waals surface area contributed by atoms with Crippen LogP contribution in [0, 0.1) is 5.92 Å². The number of hydrogen-bond acceptors (Lipinski definition) is 6.